The normalized spacial score (nSPS) is 11.3. The monoisotopic (exact) mass is 333 g/mol. The minimum Gasteiger partial charge on any atom is -0.355 e. The highest BCUT2D eigenvalue weighted by molar-refractivity contribution is 6.09. The van der Waals surface area contributed by atoms with E-state index in [1.165, 1.54) is 49.6 Å². The predicted molar refractivity (Wildman–Crippen MR) is 111 cm³/mol. The average molecular weight is 333 g/mol. The molecule has 4 aromatic carbocycles. The Balaban J connectivity index is 1.71. The molecule has 124 valence electrons. The highest BCUT2D eigenvalue weighted by atomic mass is 14.7. The van der Waals surface area contributed by atoms with Crippen molar-refractivity contribution < 1.29 is 0 Å². The summed E-state index contributed by atoms with van der Waals surface area (Å²) in [5.41, 5.74) is 8.66. The summed E-state index contributed by atoms with van der Waals surface area (Å²) >= 11 is 0. The van der Waals surface area contributed by atoms with Gasteiger partial charge < -0.3 is 4.98 Å². The molecule has 1 heteroatoms. The summed E-state index contributed by atoms with van der Waals surface area (Å²) < 4.78 is 0. The standard InChI is InChI=1S/C25H19N/c1-17-7-9-19(10-8-17)21-12-14-25-23(16-21)22-15-20(11-13-24(22)26-25)18-5-3-2-4-6-18/h2-16,26H,1H3. The van der Waals surface area contributed by atoms with Crippen LogP contribution >= 0.6 is 0 Å². The zero-order valence-electron chi connectivity index (χ0n) is 14.7. The van der Waals surface area contributed by atoms with Gasteiger partial charge >= 0.3 is 0 Å². The largest absolute Gasteiger partial charge is 0.355 e. The van der Waals surface area contributed by atoms with Crippen LogP contribution in [0.15, 0.2) is 91.0 Å². The SMILES string of the molecule is Cc1ccc(-c2ccc3[nH]c4ccc(-c5ccccc5)cc4c3c2)cc1. The first-order chi connectivity index (χ1) is 12.8. The lowest BCUT2D eigenvalue weighted by Crippen LogP contribution is -1.79. The molecule has 26 heavy (non-hydrogen) atoms. The molecule has 0 aliphatic carbocycles. The van der Waals surface area contributed by atoms with E-state index in [1.807, 2.05) is 0 Å². The molecule has 1 heterocycles. The van der Waals surface area contributed by atoms with Gasteiger partial charge in [0.2, 0.25) is 0 Å². The molecule has 1 aromatic heterocycles. The van der Waals surface area contributed by atoms with Crippen molar-refractivity contribution >= 4 is 21.8 Å². The average Bonchev–Trinajstić information content (AvgIpc) is 3.06. The van der Waals surface area contributed by atoms with Crippen LogP contribution in [0.25, 0.3) is 44.1 Å². The van der Waals surface area contributed by atoms with Crippen LogP contribution < -0.4 is 0 Å². The van der Waals surface area contributed by atoms with E-state index >= 15 is 0 Å². The van der Waals surface area contributed by atoms with E-state index in [1.54, 1.807) is 0 Å². The second-order valence-electron chi connectivity index (χ2n) is 6.88. The van der Waals surface area contributed by atoms with Crippen molar-refractivity contribution in [2.45, 2.75) is 6.92 Å². The third kappa shape index (κ3) is 2.49. The van der Waals surface area contributed by atoms with Gasteiger partial charge in [-0.1, -0.05) is 72.3 Å². The van der Waals surface area contributed by atoms with Gasteiger partial charge in [0.15, 0.2) is 0 Å². The van der Waals surface area contributed by atoms with Crippen molar-refractivity contribution in [1.82, 2.24) is 4.98 Å². The fourth-order valence-electron chi connectivity index (χ4n) is 3.63. The van der Waals surface area contributed by atoms with Gasteiger partial charge in [-0.3, -0.25) is 0 Å². The third-order valence-electron chi connectivity index (χ3n) is 5.09. The molecule has 0 bridgehead atoms. The fraction of sp³-hybridized carbons (Fsp3) is 0.0400. The topological polar surface area (TPSA) is 15.8 Å². The van der Waals surface area contributed by atoms with Crippen molar-refractivity contribution in [3.05, 3.63) is 96.6 Å². The van der Waals surface area contributed by atoms with E-state index in [0.717, 1.165) is 0 Å². The lowest BCUT2D eigenvalue weighted by atomic mass is 10.00. The molecule has 0 spiro atoms. The Morgan fingerprint density at radius 3 is 1.58 bits per heavy atom. The first-order valence-electron chi connectivity index (χ1n) is 8.96. The second kappa shape index (κ2) is 5.89. The van der Waals surface area contributed by atoms with Gasteiger partial charge in [0, 0.05) is 21.8 Å². The van der Waals surface area contributed by atoms with Crippen LogP contribution in [0.1, 0.15) is 5.56 Å². The Morgan fingerprint density at radius 2 is 1.00 bits per heavy atom. The van der Waals surface area contributed by atoms with E-state index in [0.29, 0.717) is 0 Å². The van der Waals surface area contributed by atoms with E-state index < -0.39 is 0 Å². The molecule has 0 atom stereocenters. The second-order valence-corrected chi connectivity index (χ2v) is 6.88. The van der Waals surface area contributed by atoms with Crippen LogP contribution in [-0.2, 0) is 0 Å². The number of hydrogen-bond donors (Lipinski definition) is 1. The predicted octanol–water partition coefficient (Wildman–Crippen LogP) is 6.96. The number of aromatic amines is 1. The molecule has 0 fully saturated rings. The number of aryl methyl sites for hydroxylation is 1. The van der Waals surface area contributed by atoms with E-state index in [9.17, 15) is 0 Å². The van der Waals surface area contributed by atoms with Crippen LogP contribution in [0, 0.1) is 6.92 Å². The Bertz CT molecular complexity index is 1210. The van der Waals surface area contributed by atoms with Gasteiger partial charge in [-0.15, -0.1) is 0 Å². The summed E-state index contributed by atoms with van der Waals surface area (Å²) in [6, 6.07) is 32.6. The van der Waals surface area contributed by atoms with Crippen molar-refractivity contribution in [2.75, 3.05) is 0 Å². The van der Waals surface area contributed by atoms with Gasteiger partial charge in [-0.2, -0.15) is 0 Å². The molecule has 1 nitrogen and oxygen atoms in total. The Hall–Kier alpha value is -3.32. The van der Waals surface area contributed by atoms with Crippen molar-refractivity contribution in [3.8, 4) is 22.3 Å². The zero-order valence-corrected chi connectivity index (χ0v) is 14.7. The zero-order chi connectivity index (χ0) is 17.5. The molecule has 1 N–H and O–H groups in total. The number of H-pyrrole nitrogens is 1. The van der Waals surface area contributed by atoms with Gasteiger partial charge in [0.05, 0.1) is 0 Å². The number of rotatable bonds is 2. The molecule has 0 amide bonds. The van der Waals surface area contributed by atoms with Crippen molar-refractivity contribution in [2.24, 2.45) is 0 Å². The van der Waals surface area contributed by atoms with Crippen molar-refractivity contribution in [1.29, 1.82) is 0 Å². The van der Waals surface area contributed by atoms with Gasteiger partial charge in [0.25, 0.3) is 0 Å². The lowest BCUT2D eigenvalue weighted by molar-refractivity contribution is 1.47. The summed E-state index contributed by atoms with van der Waals surface area (Å²) in [6.45, 7) is 2.12. The van der Waals surface area contributed by atoms with Crippen LogP contribution in [0.4, 0.5) is 0 Å². The number of nitrogens with one attached hydrogen (secondary N) is 1. The number of hydrogen-bond acceptors (Lipinski definition) is 0. The number of fused-ring (bicyclic) bond motifs is 3. The van der Waals surface area contributed by atoms with E-state index in [4.69, 9.17) is 0 Å². The minimum atomic E-state index is 1.18. The molecular weight excluding hydrogens is 314 g/mol. The summed E-state index contributed by atoms with van der Waals surface area (Å²) in [6.07, 6.45) is 0. The molecule has 0 aliphatic rings. The quantitative estimate of drug-likeness (QED) is 0.359. The van der Waals surface area contributed by atoms with Crippen molar-refractivity contribution in [3.63, 3.8) is 0 Å². The molecule has 5 rings (SSSR count). The summed E-state index contributed by atoms with van der Waals surface area (Å²) in [5, 5.41) is 2.55. The Kier molecular flexibility index (Phi) is 3.39. The maximum atomic E-state index is 3.54. The van der Waals surface area contributed by atoms with Crippen LogP contribution in [0.2, 0.25) is 0 Å². The maximum Gasteiger partial charge on any atom is 0.0465 e. The van der Waals surface area contributed by atoms with Crippen LogP contribution in [0.5, 0.6) is 0 Å². The van der Waals surface area contributed by atoms with Crippen LogP contribution in [-0.4, -0.2) is 4.98 Å². The van der Waals surface area contributed by atoms with Gasteiger partial charge in [0.1, 0.15) is 0 Å². The number of aromatic nitrogens is 1. The first-order valence-corrected chi connectivity index (χ1v) is 8.96. The smallest absolute Gasteiger partial charge is 0.0465 e. The molecule has 0 saturated heterocycles. The molecule has 5 aromatic rings. The molecular formula is C25H19N. The summed E-state index contributed by atoms with van der Waals surface area (Å²) in [5.74, 6) is 0. The maximum absolute atomic E-state index is 3.54. The van der Waals surface area contributed by atoms with E-state index in [2.05, 4.69) is 103 Å². The summed E-state index contributed by atoms with van der Waals surface area (Å²) in [7, 11) is 0. The minimum absolute atomic E-state index is 1.18. The van der Waals surface area contributed by atoms with Crippen LogP contribution in [0.3, 0.4) is 0 Å². The highest BCUT2D eigenvalue weighted by Gasteiger charge is 2.08. The first kappa shape index (κ1) is 15.0. The Morgan fingerprint density at radius 1 is 0.500 bits per heavy atom. The molecule has 0 aliphatic heterocycles. The third-order valence-corrected chi connectivity index (χ3v) is 5.09. The Labute approximate surface area is 152 Å². The fourth-order valence-corrected chi connectivity index (χ4v) is 3.63. The van der Waals surface area contributed by atoms with E-state index in [-0.39, 0.29) is 0 Å². The summed E-state index contributed by atoms with van der Waals surface area (Å²) in [4.78, 5) is 3.54. The highest BCUT2D eigenvalue weighted by Crippen LogP contribution is 2.32. The number of benzene rings is 4. The lowest BCUT2D eigenvalue weighted by Gasteiger charge is -2.04. The van der Waals surface area contributed by atoms with Gasteiger partial charge in [-0.05, 0) is 53.4 Å². The molecule has 0 saturated carbocycles. The molecule has 0 unspecified atom stereocenters. The molecule has 0 radical (unpaired) electrons. The van der Waals surface area contributed by atoms with Gasteiger partial charge in [-0.25, -0.2) is 0 Å².